The number of hydrogen-bond acceptors (Lipinski definition) is 0. The molecule has 0 amide bonds. The standard InChI is InChI=1S/C8H17Si/c1-2-3-4-5-6-7-8-9/h2-8H2,1H3. The molecule has 0 nitrogen and oxygen atoms in total. The molecule has 0 rings (SSSR count). The number of unbranched alkanes of at least 4 members (excludes halogenated alkanes) is 5. The first-order valence-electron chi connectivity index (χ1n) is 4.06. The molecule has 0 aromatic rings. The molecule has 0 atom stereocenters. The molecule has 0 aromatic heterocycles. The van der Waals surface area contributed by atoms with Crippen molar-refractivity contribution in [1.29, 1.82) is 0 Å². The average molecular weight is 141 g/mol. The molecular formula is C8H17Si. The lowest BCUT2D eigenvalue weighted by molar-refractivity contribution is 0.624. The van der Waals surface area contributed by atoms with Crippen LogP contribution >= 0.6 is 0 Å². The molecule has 0 aromatic carbocycles. The molecule has 0 fully saturated rings. The molecule has 0 aliphatic carbocycles. The maximum absolute atomic E-state index is 3.46. The first-order valence-corrected chi connectivity index (χ1v) is 4.77. The van der Waals surface area contributed by atoms with Crippen molar-refractivity contribution >= 4 is 10.2 Å². The fraction of sp³-hybridized carbons (Fsp3) is 1.00. The molecule has 1 heteroatoms. The highest BCUT2D eigenvalue weighted by Crippen LogP contribution is 2.05. The van der Waals surface area contributed by atoms with E-state index in [1.807, 2.05) is 0 Å². The quantitative estimate of drug-likeness (QED) is 0.394. The van der Waals surface area contributed by atoms with Crippen LogP contribution in [-0.4, -0.2) is 10.2 Å². The Morgan fingerprint density at radius 2 is 1.44 bits per heavy atom. The summed E-state index contributed by atoms with van der Waals surface area (Å²) in [6, 6.07) is 1.17. The Kier molecular flexibility index (Phi) is 8.41. The summed E-state index contributed by atoms with van der Waals surface area (Å²) in [6.07, 6.45) is 8.39. The zero-order valence-corrected chi connectivity index (χ0v) is 7.45. The Morgan fingerprint density at radius 3 is 2.00 bits per heavy atom. The van der Waals surface area contributed by atoms with Gasteiger partial charge in [0.25, 0.3) is 0 Å². The van der Waals surface area contributed by atoms with E-state index in [0.29, 0.717) is 0 Å². The molecule has 0 spiro atoms. The lowest BCUT2D eigenvalue weighted by atomic mass is 10.1. The number of hydrogen-bond donors (Lipinski definition) is 0. The summed E-state index contributed by atoms with van der Waals surface area (Å²) in [7, 11) is 3.46. The van der Waals surface area contributed by atoms with E-state index in [1.165, 1.54) is 44.6 Å². The van der Waals surface area contributed by atoms with Gasteiger partial charge in [0.05, 0.1) is 0 Å². The zero-order chi connectivity index (χ0) is 6.95. The van der Waals surface area contributed by atoms with E-state index in [-0.39, 0.29) is 0 Å². The van der Waals surface area contributed by atoms with Crippen LogP contribution in [-0.2, 0) is 0 Å². The highest BCUT2D eigenvalue weighted by atomic mass is 28.1. The third kappa shape index (κ3) is 8.22. The van der Waals surface area contributed by atoms with Crippen LogP contribution in [0.4, 0.5) is 0 Å². The highest BCUT2D eigenvalue weighted by Gasteiger charge is 1.85. The van der Waals surface area contributed by atoms with E-state index in [4.69, 9.17) is 0 Å². The van der Waals surface area contributed by atoms with Gasteiger partial charge in [-0.15, -0.1) is 0 Å². The maximum atomic E-state index is 3.46. The molecule has 0 saturated heterocycles. The van der Waals surface area contributed by atoms with Crippen LogP contribution < -0.4 is 0 Å². The second kappa shape index (κ2) is 8.22. The molecule has 3 radical (unpaired) electrons. The zero-order valence-electron chi connectivity index (χ0n) is 6.45. The SMILES string of the molecule is CCCCCCCC[Si]. The molecule has 0 aliphatic heterocycles. The predicted molar refractivity (Wildman–Crippen MR) is 43.9 cm³/mol. The largest absolute Gasteiger partial charge is 0.0654 e. The van der Waals surface area contributed by atoms with Crippen LogP contribution in [0, 0.1) is 0 Å². The monoisotopic (exact) mass is 141 g/mol. The first kappa shape index (κ1) is 9.22. The molecular weight excluding hydrogens is 124 g/mol. The Bertz CT molecular complexity index is 37.8. The van der Waals surface area contributed by atoms with Gasteiger partial charge in [0.1, 0.15) is 0 Å². The van der Waals surface area contributed by atoms with Crippen LogP contribution in [0.25, 0.3) is 0 Å². The van der Waals surface area contributed by atoms with Crippen LogP contribution in [0.2, 0.25) is 6.04 Å². The van der Waals surface area contributed by atoms with E-state index in [1.54, 1.807) is 0 Å². The smallest absolute Gasteiger partial charge is 0.0222 e. The van der Waals surface area contributed by atoms with Gasteiger partial charge in [0.15, 0.2) is 0 Å². The van der Waals surface area contributed by atoms with Gasteiger partial charge >= 0.3 is 0 Å². The van der Waals surface area contributed by atoms with Gasteiger partial charge in [0, 0.05) is 10.2 Å². The minimum absolute atomic E-state index is 1.17. The summed E-state index contributed by atoms with van der Waals surface area (Å²) in [5, 5.41) is 0. The second-order valence-corrected chi connectivity index (χ2v) is 3.02. The lowest BCUT2D eigenvalue weighted by Gasteiger charge is -1.95. The van der Waals surface area contributed by atoms with Gasteiger partial charge in [-0.25, -0.2) is 0 Å². The fourth-order valence-corrected chi connectivity index (χ4v) is 1.16. The van der Waals surface area contributed by atoms with Crippen molar-refractivity contribution in [2.75, 3.05) is 0 Å². The molecule has 0 N–H and O–H groups in total. The summed E-state index contributed by atoms with van der Waals surface area (Å²) in [4.78, 5) is 0. The molecule has 0 saturated carbocycles. The average Bonchev–Trinajstić information content (AvgIpc) is 1.89. The predicted octanol–water partition coefficient (Wildman–Crippen LogP) is 2.93. The highest BCUT2D eigenvalue weighted by molar-refractivity contribution is 6.08. The van der Waals surface area contributed by atoms with Crippen molar-refractivity contribution in [1.82, 2.24) is 0 Å². The summed E-state index contributed by atoms with van der Waals surface area (Å²) in [6.45, 7) is 2.25. The van der Waals surface area contributed by atoms with Crippen molar-refractivity contribution in [3.63, 3.8) is 0 Å². The lowest BCUT2D eigenvalue weighted by Crippen LogP contribution is -1.77. The van der Waals surface area contributed by atoms with Crippen molar-refractivity contribution < 1.29 is 0 Å². The molecule has 9 heavy (non-hydrogen) atoms. The fourth-order valence-electron chi connectivity index (χ4n) is 0.905. The Morgan fingerprint density at radius 1 is 0.889 bits per heavy atom. The topological polar surface area (TPSA) is 0 Å². The van der Waals surface area contributed by atoms with E-state index >= 15 is 0 Å². The van der Waals surface area contributed by atoms with Crippen molar-refractivity contribution in [3.05, 3.63) is 0 Å². The van der Waals surface area contributed by atoms with Crippen molar-refractivity contribution in [3.8, 4) is 0 Å². The first-order chi connectivity index (χ1) is 4.41. The Balaban J connectivity index is 2.60. The summed E-state index contributed by atoms with van der Waals surface area (Å²) in [5.74, 6) is 0. The van der Waals surface area contributed by atoms with Gasteiger partial charge in [-0.1, -0.05) is 51.5 Å². The van der Waals surface area contributed by atoms with Crippen LogP contribution in [0.15, 0.2) is 0 Å². The molecule has 0 aliphatic rings. The van der Waals surface area contributed by atoms with Crippen LogP contribution in [0.3, 0.4) is 0 Å². The second-order valence-electron chi connectivity index (χ2n) is 2.52. The maximum Gasteiger partial charge on any atom is 0.0222 e. The van der Waals surface area contributed by atoms with Crippen LogP contribution in [0.1, 0.15) is 45.4 Å². The normalized spacial score (nSPS) is 10.0. The van der Waals surface area contributed by atoms with E-state index in [0.717, 1.165) is 0 Å². The van der Waals surface area contributed by atoms with E-state index in [9.17, 15) is 0 Å². The molecule has 0 unspecified atom stereocenters. The third-order valence-corrected chi connectivity index (χ3v) is 1.88. The molecule has 0 bridgehead atoms. The van der Waals surface area contributed by atoms with Crippen molar-refractivity contribution in [2.24, 2.45) is 0 Å². The Labute approximate surface area is 62.5 Å². The summed E-state index contributed by atoms with van der Waals surface area (Å²) in [5.41, 5.74) is 0. The van der Waals surface area contributed by atoms with Gasteiger partial charge in [-0.3, -0.25) is 0 Å². The van der Waals surface area contributed by atoms with Gasteiger partial charge in [-0.05, 0) is 0 Å². The minimum atomic E-state index is 1.17. The summed E-state index contributed by atoms with van der Waals surface area (Å²) >= 11 is 0. The molecule has 0 heterocycles. The number of rotatable bonds is 6. The van der Waals surface area contributed by atoms with Gasteiger partial charge < -0.3 is 0 Å². The Hall–Kier alpha value is 0.217. The summed E-state index contributed by atoms with van der Waals surface area (Å²) < 4.78 is 0. The molecule has 53 valence electrons. The van der Waals surface area contributed by atoms with E-state index < -0.39 is 0 Å². The van der Waals surface area contributed by atoms with E-state index in [2.05, 4.69) is 17.2 Å². The van der Waals surface area contributed by atoms with Crippen LogP contribution in [0.5, 0.6) is 0 Å². The van der Waals surface area contributed by atoms with Gasteiger partial charge in [0.2, 0.25) is 0 Å². The minimum Gasteiger partial charge on any atom is -0.0654 e. The van der Waals surface area contributed by atoms with Crippen molar-refractivity contribution in [2.45, 2.75) is 51.5 Å². The van der Waals surface area contributed by atoms with Gasteiger partial charge in [-0.2, -0.15) is 0 Å². The third-order valence-electron chi connectivity index (χ3n) is 1.53.